The van der Waals surface area contributed by atoms with Crippen molar-refractivity contribution in [2.75, 3.05) is 6.54 Å². The van der Waals surface area contributed by atoms with Gasteiger partial charge in [0.25, 0.3) is 0 Å². The highest BCUT2D eigenvalue weighted by atomic mass is 16.3. The molecule has 2 rings (SSSR count). The summed E-state index contributed by atoms with van der Waals surface area (Å²) in [4.78, 5) is 0. The summed E-state index contributed by atoms with van der Waals surface area (Å²) in [7, 11) is 0. The van der Waals surface area contributed by atoms with E-state index in [2.05, 4.69) is 6.92 Å². The minimum atomic E-state index is -0.432. The number of hydrogen-bond acceptors (Lipinski definition) is 2. The van der Waals surface area contributed by atoms with Crippen molar-refractivity contribution in [2.24, 2.45) is 17.1 Å². The smallest absolute Gasteiger partial charge is 0.0718 e. The Morgan fingerprint density at radius 3 is 2.47 bits per heavy atom. The van der Waals surface area contributed by atoms with Crippen molar-refractivity contribution in [2.45, 2.75) is 63.9 Å². The van der Waals surface area contributed by atoms with Crippen LogP contribution in [0.4, 0.5) is 0 Å². The summed E-state index contributed by atoms with van der Waals surface area (Å²) in [6, 6.07) is 0. The van der Waals surface area contributed by atoms with Crippen LogP contribution in [0, 0.1) is 11.3 Å². The van der Waals surface area contributed by atoms with Crippen LogP contribution in [0.3, 0.4) is 0 Å². The molecule has 2 atom stereocenters. The molecule has 0 aromatic carbocycles. The van der Waals surface area contributed by atoms with E-state index in [-0.39, 0.29) is 5.41 Å². The van der Waals surface area contributed by atoms with Gasteiger partial charge in [0, 0.05) is 12.0 Å². The van der Waals surface area contributed by atoms with Crippen LogP contribution < -0.4 is 5.73 Å². The zero-order valence-electron chi connectivity index (χ0n) is 9.97. The summed E-state index contributed by atoms with van der Waals surface area (Å²) in [6.45, 7) is 2.92. The third kappa shape index (κ3) is 1.72. The zero-order valence-corrected chi connectivity index (χ0v) is 9.97. The van der Waals surface area contributed by atoms with Gasteiger partial charge < -0.3 is 10.8 Å². The first-order valence-electron chi connectivity index (χ1n) is 6.58. The fourth-order valence-corrected chi connectivity index (χ4v) is 3.66. The van der Waals surface area contributed by atoms with Crippen molar-refractivity contribution in [3.63, 3.8) is 0 Å². The van der Waals surface area contributed by atoms with Crippen LogP contribution in [-0.4, -0.2) is 17.3 Å². The molecule has 15 heavy (non-hydrogen) atoms. The fourth-order valence-electron chi connectivity index (χ4n) is 3.66. The second-order valence-corrected chi connectivity index (χ2v) is 5.74. The van der Waals surface area contributed by atoms with Gasteiger partial charge >= 0.3 is 0 Å². The summed E-state index contributed by atoms with van der Waals surface area (Å²) in [5.74, 6) is 0.729. The standard InChI is InChI=1S/C13H25NO/c1-2-11-5-3-8-13(15,9-11)12(10-14)6-4-7-12/h11,15H,2-10,14H2,1H3. The van der Waals surface area contributed by atoms with Crippen LogP contribution in [0.15, 0.2) is 0 Å². The van der Waals surface area contributed by atoms with Gasteiger partial charge in [-0.3, -0.25) is 0 Å². The molecule has 3 N–H and O–H groups in total. The third-order valence-electron chi connectivity index (χ3n) is 5.10. The predicted molar refractivity (Wildman–Crippen MR) is 62.5 cm³/mol. The van der Waals surface area contributed by atoms with Crippen LogP contribution in [0.25, 0.3) is 0 Å². The minimum absolute atomic E-state index is 0.0842. The average molecular weight is 211 g/mol. The fraction of sp³-hybridized carbons (Fsp3) is 1.00. The highest BCUT2D eigenvalue weighted by molar-refractivity contribution is 5.06. The lowest BCUT2D eigenvalue weighted by Gasteiger charge is -2.55. The van der Waals surface area contributed by atoms with E-state index in [1.165, 1.54) is 25.7 Å². The van der Waals surface area contributed by atoms with Crippen molar-refractivity contribution in [3.05, 3.63) is 0 Å². The summed E-state index contributed by atoms with van der Waals surface area (Å²) in [5.41, 5.74) is 5.56. The van der Waals surface area contributed by atoms with E-state index in [1.54, 1.807) is 0 Å². The van der Waals surface area contributed by atoms with Gasteiger partial charge in [-0.1, -0.05) is 32.6 Å². The van der Waals surface area contributed by atoms with Crippen molar-refractivity contribution in [1.82, 2.24) is 0 Å². The molecule has 2 heteroatoms. The Kier molecular flexibility index (Phi) is 3.09. The topological polar surface area (TPSA) is 46.2 Å². The summed E-state index contributed by atoms with van der Waals surface area (Å²) < 4.78 is 0. The van der Waals surface area contributed by atoms with E-state index in [1.807, 2.05) is 0 Å². The van der Waals surface area contributed by atoms with Crippen LogP contribution in [0.2, 0.25) is 0 Å². The molecule has 0 aliphatic heterocycles. The van der Waals surface area contributed by atoms with Crippen LogP contribution in [0.5, 0.6) is 0 Å². The largest absolute Gasteiger partial charge is 0.389 e. The Morgan fingerprint density at radius 1 is 1.27 bits per heavy atom. The van der Waals surface area contributed by atoms with Gasteiger partial charge in [-0.05, 0) is 31.6 Å². The van der Waals surface area contributed by atoms with Crippen molar-refractivity contribution in [1.29, 1.82) is 0 Å². The normalized spacial score (nSPS) is 39.8. The molecule has 88 valence electrons. The Labute approximate surface area is 93.2 Å². The Morgan fingerprint density at radius 2 is 2.00 bits per heavy atom. The quantitative estimate of drug-likeness (QED) is 0.753. The second kappa shape index (κ2) is 4.06. The summed E-state index contributed by atoms with van der Waals surface area (Å²) in [6.07, 6.45) is 9.25. The molecule has 2 aliphatic rings. The molecule has 0 heterocycles. The molecule has 2 fully saturated rings. The number of nitrogens with two attached hydrogens (primary N) is 1. The Balaban J connectivity index is 2.10. The molecule has 2 aliphatic carbocycles. The van der Waals surface area contributed by atoms with Gasteiger partial charge in [-0.15, -0.1) is 0 Å². The molecular formula is C13H25NO. The molecule has 0 spiro atoms. The monoisotopic (exact) mass is 211 g/mol. The molecule has 0 aromatic rings. The molecule has 2 unspecified atom stereocenters. The molecule has 0 saturated heterocycles. The maximum absolute atomic E-state index is 10.9. The lowest BCUT2D eigenvalue weighted by atomic mass is 9.53. The van der Waals surface area contributed by atoms with Gasteiger partial charge in [0.05, 0.1) is 5.60 Å². The lowest BCUT2D eigenvalue weighted by molar-refractivity contribution is -0.152. The number of hydrogen-bond donors (Lipinski definition) is 2. The van der Waals surface area contributed by atoms with Crippen molar-refractivity contribution < 1.29 is 5.11 Å². The van der Waals surface area contributed by atoms with Gasteiger partial charge in [-0.2, -0.15) is 0 Å². The molecule has 0 bridgehead atoms. The predicted octanol–water partition coefficient (Wildman–Crippen LogP) is 2.45. The molecule has 0 amide bonds. The SMILES string of the molecule is CCC1CCCC(O)(C2(CN)CCC2)C1. The first-order valence-corrected chi connectivity index (χ1v) is 6.58. The van der Waals surface area contributed by atoms with E-state index >= 15 is 0 Å². The molecule has 0 aromatic heterocycles. The van der Waals surface area contributed by atoms with E-state index in [9.17, 15) is 5.11 Å². The molecule has 2 nitrogen and oxygen atoms in total. The first-order chi connectivity index (χ1) is 7.16. The highest BCUT2D eigenvalue weighted by Gasteiger charge is 2.54. The lowest BCUT2D eigenvalue weighted by Crippen LogP contribution is -2.58. The molecule has 2 saturated carbocycles. The molecular weight excluding hydrogens is 186 g/mol. The average Bonchev–Trinajstić information content (AvgIpc) is 2.16. The minimum Gasteiger partial charge on any atom is -0.389 e. The van der Waals surface area contributed by atoms with Gasteiger partial charge in [0.2, 0.25) is 0 Å². The highest BCUT2D eigenvalue weighted by Crippen LogP contribution is 2.55. The van der Waals surface area contributed by atoms with E-state index in [0.717, 1.165) is 31.6 Å². The second-order valence-electron chi connectivity index (χ2n) is 5.74. The van der Waals surface area contributed by atoms with Crippen LogP contribution >= 0.6 is 0 Å². The van der Waals surface area contributed by atoms with E-state index in [4.69, 9.17) is 5.73 Å². The van der Waals surface area contributed by atoms with Gasteiger partial charge in [0.15, 0.2) is 0 Å². The maximum Gasteiger partial charge on any atom is 0.0718 e. The Bertz CT molecular complexity index is 219. The van der Waals surface area contributed by atoms with Gasteiger partial charge in [0.1, 0.15) is 0 Å². The van der Waals surface area contributed by atoms with Gasteiger partial charge in [-0.25, -0.2) is 0 Å². The number of aliphatic hydroxyl groups is 1. The third-order valence-corrected chi connectivity index (χ3v) is 5.10. The van der Waals surface area contributed by atoms with E-state index < -0.39 is 5.60 Å². The number of rotatable bonds is 3. The van der Waals surface area contributed by atoms with Crippen LogP contribution in [-0.2, 0) is 0 Å². The summed E-state index contributed by atoms with van der Waals surface area (Å²) in [5, 5.41) is 10.9. The summed E-state index contributed by atoms with van der Waals surface area (Å²) >= 11 is 0. The first kappa shape index (κ1) is 11.4. The van der Waals surface area contributed by atoms with Crippen molar-refractivity contribution in [3.8, 4) is 0 Å². The Hall–Kier alpha value is -0.0800. The zero-order chi connectivity index (χ0) is 10.9. The molecule has 0 radical (unpaired) electrons. The maximum atomic E-state index is 10.9. The van der Waals surface area contributed by atoms with Crippen molar-refractivity contribution >= 4 is 0 Å². The van der Waals surface area contributed by atoms with Crippen LogP contribution in [0.1, 0.15) is 58.3 Å². The van der Waals surface area contributed by atoms with E-state index in [0.29, 0.717) is 6.54 Å².